The van der Waals surface area contributed by atoms with Crippen LogP contribution in [0.5, 0.6) is 0 Å². The van der Waals surface area contributed by atoms with Gasteiger partial charge >= 0.3 is 0 Å². The van der Waals surface area contributed by atoms with Crippen molar-refractivity contribution in [2.75, 3.05) is 29.5 Å². The van der Waals surface area contributed by atoms with E-state index >= 15 is 0 Å². The normalized spacial score (nSPS) is 17.1. The molecule has 68 heavy (non-hydrogen) atoms. The maximum Gasteiger partial charge on any atom is 0.295 e. The largest absolute Gasteiger partial charge is 0.344 e. The summed E-state index contributed by atoms with van der Waals surface area (Å²) in [5, 5.41) is 26.7. The third-order valence-corrected chi connectivity index (χ3v) is 16.6. The van der Waals surface area contributed by atoms with E-state index in [-0.39, 0.29) is 41.1 Å². The van der Waals surface area contributed by atoms with Crippen LogP contribution in [0.4, 0.5) is 11.4 Å². The number of benzene rings is 4. The predicted octanol–water partition coefficient (Wildman–Crippen LogP) is 8.57. The lowest BCUT2D eigenvalue weighted by molar-refractivity contribution is -0.438. The molecule has 0 unspecified atom stereocenters. The molecule has 20 nitrogen and oxygen atoms in total. The average Bonchev–Trinajstić information content (AvgIpc) is 3.59. The second-order valence-electron chi connectivity index (χ2n) is 16.7. The Morgan fingerprint density at radius 2 is 1.34 bits per heavy atom. The molecule has 0 saturated carbocycles. The summed E-state index contributed by atoms with van der Waals surface area (Å²) in [6.45, 7) is 8.10. The number of unbranched alkanes of at least 4 members (excludes halogenated alkanes) is 2. The summed E-state index contributed by atoms with van der Waals surface area (Å²) in [4.78, 5) is 1.40. The van der Waals surface area contributed by atoms with Crippen LogP contribution >= 0.6 is 40.0 Å². The number of halogens is 1. The first-order valence-electron chi connectivity index (χ1n) is 20.2. The third kappa shape index (κ3) is 12.0. The highest BCUT2D eigenvalue weighted by molar-refractivity contribution is 9.11. The molecule has 370 valence electrons. The number of hydrogen-bond acceptors (Lipinski definition) is 17. The topological polar surface area (TPSA) is 301 Å². The number of anilines is 1. The maximum atomic E-state index is 12.7. The highest BCUT2D eigenvalue weighted by Crippen LogP contribution is 2.52. The van der Waals surface area contributed by atoms with E-state index in [0.29, 0.717) is 91.5 Å². The Morgan fingerprint density at radius 3 is 1.96 bits per heavy atom. The molecule has 6 N–H and O–H groups in total. The van der Waals surface area contributed by atoms with Gasteiger partial charge in [0.25, 0.3) is 40.5 Å². The molecular weight excluding hydrogens is 1080 g/mol. The van der Waals surface area contributed by atoms with Crippen LogP contribution in [0, 0.1) is 0 Å². The van der Waals surface area contributed by atoms with Crippen LogP contribution in [0.2, 0.25) is 0 Å². The fourth-order valence-electron chi connectivity index (χ4n) is 8.83. The van der Waals surface area contributed by atoms with Crippen LogP contribution in [0.1, 0.15) is 64.5 Å². The SMILES string of the molecule is CC1(C)C(/C=C/C(Br)=C/C=C2/N(CCCCS(=O)(=O)O)c3ccc4c(S(=O)(=O)O)cc(SOOO)cc4c3C2(C)C)=[N+](CCCCS(=O)(=O)O)c2ccc3c(SOOO)cc(S(=O)(=O)O)cc3c21. The minimum absolute atomic E-state index is 0.112. The Morgan fingerprint density at radius 1 is 0.721 bits per heavy atom. The second kappa shape index (κ2) is 20.8. The molecule has 0 radical (unpaired) electrons. The van der Waals surface area contributed by atoms with Gasteiger partial charge in [-0.25, -0.2) is 10.5 Å². The van der Waals surface area contributed by atoms with Gasteiger partial charge in [-0.2, -0.15) is 38.2 Å². The van der Waals surface area contributed by atoms with Gasteiger partial charge in [0.05, 0.1) is 45.9 Å². The zero-order valence-electron chi connectivity index (χ0n) is 36.4. The van der Waals surface area contributed by atoms with E-state index in [4.69, 9.17) is 10.5 Å². The molecule has 0 saturated heterocycles. The Balaban J connectivity index is 1.47. The van der Waals surface area contributed by atoms with Crippen LogP contribution in [0.15, 0.2) is 103 Å². The lowest BCUT2D eigenvalue weighted by Crippen LogP contribution is -2.28. The summed E-state index contributed by atoms with van der Waals surface area (Å²) >= 11 is 4.67. The van der Waals surface area contributed by atoms with Crippen molar-refractivity contribution in [1.29, 1.82) is 0 Å². The van der Waals surface area contributed by atoms with Gasteiger partial charge in [0.1, 0.15) is 11.4 Å². The quantitative estimate of drug-likeness (QED) is 0.00865. The molecule has 4 aromatic carbocycles. The molecule has 0 aromatic heterocycles. The molecule has 0 fully saturated rings. The molecular formula is C41H46BrN2O18S6+. The van der Waals surface area contributed by atoms with E-state index < -0.39 is 72.6 Å². The fraction of sp³-hybridized carbons (Fsp3) is 0.341. The van der Waals surface area contributed by atoms with Gasteiger partial charge < -0.3 is 4.90 Å². The second-order valence-corrected chi connectivity index (χ2v) is 25.1. The Labute approximate surface area is 409 Å². The van der Waals surface area contributed by atoms with E-state index in [9.17, 15) is 51.9 Å². The zero-order valence-corrected chi connectivity index (χ0v) is 42.9. The van der Waals surface area contributed by atoms with E-state index in [0.717, 1.165) is 12.1 Å². The van der Waals surface area contributed by atoms with Crippen molar-refractivity contribution in [3.8, 4) is 0 Å². The Hall–Kier alpha value is -3.33. The molecule has 0 amide bonds. The van der Waals surface area contributed by atoms with E-state index in [1.54, 1.807) is 36.4 Å². The van der Waals surface area contributed by atoms with Crippen LogP contribution in [0.25, 0.3) is 21.5 Å². The van der Waals surface area contributed by atoms with Crippen molar-refractivity contribution >= 4 is 119 Å². The summed E-state index contributed by atoms with van der Waals surface area (Å²) in [7, 11) is -18.0. The number of allylic oxidation sites excluding steroid dienone is 6. The Bertz CT molecular complexity index is 3240. The van der Waals surface area contributed by atoms with Gasteiger partial charge in [-0.3, -0.25) is 18.2 Å². The maximum absolute atomic E-state index is 12.7. The molecule has 2 heterocycles. The van der Waals surface area contributed by atoms with Crippen LogP contribution < -0.4 is 4.90 Å². The zero-order chi connectivity index (χ0) is 50.2. The lowest BCUT2D eigenvalue weighted by Gasteiger charge is -2.27. The van der Waals surface area contributed by atoms with Crippen molar-refractivity contribution in [1.82, 2.24) is 0 Å². The van der Waals surface area contributed by atoms with Crippen molar-refractivity contribution in [3.63, 3.8) is 0 Å². The minimum atomic E-state index is -4.79. The molecule has 2 aliphatic heterocycles. The first-order valence-corrected chi connectivity index (χ1v) is 28.5. The molecule has 27 heteroatoms. The van der Waals surface area contributed by atoms with E-state index in [1.165, 1.54) is 12.1 Å². The van der Waals surface area contributed by atoms with Crippen LogP contribution in [-0.2, 0) is 70.0 Å². The monoisotopic (exact) mass is 1130 g/mol. The van der Waals surface area contributed by atoms with Crippen molar-refractivity contribution in [2.24, 2.45) is 0 Å². The van der Waals surface area contributed by atoms with E-state index in [2.05, 4.69) is 34.7 Å². The summed E-state index contributed by atoms with van der Waals surface area (Å²) < 4.78 is 148. The summed E-state index contributed by atoms with van der Waals surface area (Å²) in [5.74, 6) is -0.951. The van der Waals surface area contributed by atoms with Gasteiger partial charge in [-0.1, -0.05) is 45.9 Å². The molecule has 0 bridgehead atoms. The van der Waals surface area contributed by atoms with Crippen molar-refractivity contribution < 1.29 is 85.7 Å². The van der Waals surface area contributed by atoms with Gasteiger partial charge in [0, 0.05) is 67.1 Å². The highest BCUT2D eigenvalue weighted by Gasteiger charge is 2.46. The summed E-state index contributed by atoms with van der Waals surface area (Å²) in [6, 6.07) is 12.0. The predicted molar refractivity (Wildman–Crippen MR) is 258 cm³/mol. The Kier molecular flexibility index (Phi) is 16.5. The number of nitrogens with zero attached hydrogens (tertiary/aromatic N) is 2. The first-order chi connectivity index (χ1) is 31.6. The molecule has 6 rings (SSSR count). The van der Waals surface area contributed by atoms with Gasteiger partial charge in [0.15, 0.2) is 5.71 Å². The third-order valence-electron chi connectivity index (χ3n) is 11.6. The van der Waals surface area contributed by atoms with Gasteiger partial charge in [0.2, 0.25) is 5.69 Å². The standard InChI is InChI=1S/C41H45BrN2O18S6/c1-40(2)36(44(18-6-8-20-66(50,51)52)33-14-12-29-30(38(33)40)21-26(63-61-59-45)22-35(29)68(56,57)58)15-9-25(42)10-16-37-41(3,4)39-31-23-27(67(53,54)55)24-34(64-62-60-46)28(31)11-13-32(39)43(37)17-5-7-19-65(47,48)49/h9-16,21-24H,5-8,17-20H2,1-4H3,(H5-,45,46,47,48,49,50,51,52,53,54,55,56,57,58)/p+1. The average molecular weight is 1130 g/mol. The van der Waals surface area contributed by atoms with Gasteiger partial charge in [-0.05, 0) is 109 Å². The summed E-state index contributed by atoms with van der Waals surface area (Å²) in [5.41, 5.74) is 2.11. The van der Waals surface area contributed by atoms with Crippen molar-refractivity contribution in [2.45, 2.75) is 83.8 Å². The number of fused-ring (bicyclic) bond motifs is 6. The minimum Gasteiger partial charge on any atom is -0.344 e. The summed E-state index contributed by atoms with van der Waals surface area (Å²) in [6.07, 6.45) is 8.00. The molecule has 0 aliphatic carbocycles. The fourth-order valence-corrected chi connectivity index (χ4v) is 12.6. The highest BCUT2D eigenvalue weighted by atomic mass is 79.9. The van der Waals surface area contributed by atoms with Crippen LogP contribution in [-0.4, -0.2) is 97.3 Å². The molecule has 0 atom stereocenters. The molecule has 0 spiro atoms. The smallest absolute Gasteiger partial charge is 0.295 e. The molecule has 4 aromatic rings. The van der Waals surface area contributed by atoms with Crippen LogP contribution in [0.3, 0.4) is 0 Å². The number of rotatable bonds is 21. The first kappa shape index (κ1) is 54.0. The molecule has 2 aliphatic rings. The van der Waals surface area contributed by atoms with E-state index in [1.807, 2.05) is 49.3 Å². The lowest BCUT2D eigenvalue weighted by atomic mass is 9.79. The number of hydrogen-bond donors (Lipinski definition) is 6. The van der Waals surface area contributed by atoms with Crippen molar-refractivity contribution in [3.05, 3.63) is 94.1 Å². The van der Waals surface area contributed by atoms with Gasteiger partial charge in [-0.15, -0.1) is 8.67 Å².